The zero-order valence-corrected chi connectivity index (χ0v) is 16.2. The average molecular weight is 337 g/mol. The lowest BCUT2D eigenvalue weighted by atomic mass is 10.1. The van der Waals surface area contributed by atoms with Gasteiger partial charge in [-0.1, -0.05) is 41.5 Å². The summed E-state index contributed by atoms with van der Waals surface area (Å²) in [6.07, 6.45) is 11.4. The van der Waals surface area contributed by atoms with Gasteiger partial charge < -0.3 is 4.74 Å². The minimum atomic E-state index is -0.313. The first-order valence-corrected chi connectivity index (χ1v) is 9.30. The van der Waals surface area contributed by atoms with Crippen LogP contribution < -0.4 is 0 Å². The van der Waals surface area contributed by atoms with E-state index in [2.05, 4.69) is 57.2 Å². The van der Waals surface area contributed by atoms with Gasteiger partial charge in [-0.05, 0) is 53.4 Å². The third-order valence-corrected chi connectivity index (χ3v) is 4.38. The van der Waals surface area contributed by atoms with Crippen LogP contribution in [0.2, 0.25) is 0 Å². The number of methoxy groups -OCH3 is 1. The predicted molar refractivity (Wildman–Crippen MR) is 104 cm³/mol. The van der Waals surface area contributed by atoms with Crippen LogP contribution in [-0.2, 0) is 9.53 Å². The first kappa shape index (κ1) is 21.8. The highest BCUT2D eigenvalue weighted by molar-refractivity contribution is 7.99. The van der Waals surface area contributed by atoms with Crippen LogP contribution in [0, 0.1) is 0 Å². The molecule has 0 amide bonds. The van der Waals surface area contributed by atoms with Crippen LogP contribution in [0.1, 0.15) is 53.4 Å². The van der Waals surface area contributed by atoms with Gasteiger partial charge in [0.1, 0.15) is 0 Å². The van der Waals surface area contributed by atoms with E-state index in [-0.39, 0.29) is 5.97 Å². The lowest BCUT2D eigenvalue weighted by Crippen LogP contribution is -2.05. The van der Waals surface area contributed by atoms with Gasteiger partial charge in [-0.15, -0.1) is 0 Å². The van der Waals surface area contributed by atoms with Gasteiger partial charge in [-0.3, -0.25) is 0 Å². The minimum absolute atomic E-state index is 0.313. The number of esters is 1. The average Bonchev–Trinajstić information content (AvgIpc) is 2.50. The molecule has 0 spiro atoms. The number of hydrogen-bond acceptors (Lipinski definition) is 3. The van der Waals surface area contributed by atoms with E-state index >= 15 is 0 Å². The molecule has 0 rings (SSSR count). The first-order valence-electron chi connectivity index (χ1n) is 8.15. The summed E-state index contributed by atoms with van der Waals surface area (Å²) in [5.41, 5.74) is 4.79. The van der Waals surface area contributed by atoms with E-state index in [4.69, 9.17) is 0 Å². The normalized spacial score (nSPS) is 12.0. The molecule has 0 fully saturated rings. The lowest BCUT2D eigenvalue weighted by molar-refractivity contribution is -0.135. The molecule has 0 aromatic heterocycles. The molecule has 2 nitrogen and oxygen atoms in total. The zero-order chi connectivity index (χ0) is 17.7. The zero-order valence-electron chi connectivity index (χ0n) is 15.4. The van der Waals surface area contributed by atoms with Crippen LogP contribution in [0.25, 0.3) is 0 Å². The highest BCUT2D eigenvalue weighted by atomic mass is 32.2. The van der Waals surface area contributed by atoms with E-state index in [0.717, 1.165) is 31.4 Å². The number of allylic oxidation sites excluding steroid dienone is 5. The van der Waals surface area contributed by atoms with E-state index < -0.39 is 0 Å². The van der Waals surface area contributed by atoms with Gasteiger partial charge in [0.15, 0.2) is 0 Å². The fraction of sp³-hybridized carbons (Fsp3) is 0.550. The van der Waals surface area contributed by atoms with Gasteiger partial charge in [0, 0.05) is 17.1 Å². The molecule has 0 heterocycles. The maximum atomic E-state index is 11.2. The Hall–Kier alpha value is -1.22. The molecule has 3 heteroatoms. The van der Waals surface area contributed by atoms with Gasteiger partial charge >= 0.3 is 5.97 Å². The second-order valence-corrected chi connectivity index (χ2v) is 7.10. The molecule has 0 radical (unpaired) electrons. The fourth-order valence-electron chi connectivity index (χ4n) is 1.93. The summed E-state index contributed by atoms with van der Waals surface area (Å²) in [4.78, 5) is 11.2. The minimum Gasteiger partial charge on any atom is -0.466 e. The van der Waals surface area contributed by atoms with Crippen LogP contribution in [-0.4, -0.2) is 24.6 Å². The predicted octanol–water partition coefficient (Wildman–Crippen LogP) is 5.87. The maximum Gasteiger partial charge on any atom is 0.333 e. The molecular weight excluding hydrogens is 304 g/mol. The Morgan fingerprint density at radius 2 is 1.57 bits per heavy atom. The Balaban J connectivity index is 3.92. The van der Waals surface area contributed by atoms with Gasteiger partial charge in [-0.2, -0.15) is 11.8 Å². The smallest absolute Gasteiger partial charge is 0.333 e. The van der Waals surface area contributed by atoms with Gasteiger partial charge in [0.25, 0.3) is 0 Å². The number of ether oxygens (including phenoxy) is 1. The van der Waals surface area contributed by atoms with Crippen molar-refractivity contribution in [1.82, 2.24) is 0 Å². The third-order valence-electron chi connectivity index (χ3n) is 3.42. The van der Waals surface area contributed by atoms with E-state index in [1.165, 1.54) is 23.8 Å². The molecular formula is C20H32O2S. The quantitative estimate of drug-likeness (QED) is 0.204. The largest absolute Gasteiger partial charge is 0.466 e. The highest BCUT2D eigenvalue weighted by Crippen LogP contribution is 2.13. The number of rotatable bonds is 11. The van der Waals surface area contributed by atoms with E-state index in [1.54, 1.807) is 11.8 Å². The number of hydrogen-bond donors (Lipinski definition) is 0. The first-order chi connectivity index (χ1) is 10.9. The standard InChI is InChI=1S/C20H32O2S/c1-16(2)9-7-10-17(3)11-8-12-18(4)13-14-23-15-19(5)20(21)22-6/h9,11,13H,5,7-8,10,12,14-15H2,1-4,6H3. The van der Waals surface area contributed by atoms with Crippen molar-refractivity contribution in [3.8, 4) is 0 Å². The van der Waals surface area contributed by atoms with Crippen molar-refractivity contribution in [2.45, 2.75) is 53.4 Å². The molecule has 0 atom stereocenters. The monoisotopic (exact) mass is 336 g/mol. The molecule has 0 aliphatic heterocycles. The van der Waals surface area contributed by atoms with Gasteiger partial charge in [0.2, 0.25) is 0 Å². The fourth-order valence-corrected chi connectivity index (χ4v) is 2.81. The summed E-state index contributed by atoms with van der Waals surface area (Å²) in [6, 6.07) is 0. The van der Waals surface area contributed by atoms with Crippen molar-refractivity contribution < 1.29 is 9.53 Å². The molecule has 0 saturated carbocycles. The summed E-state index contributed by atoms with van der Waals surface area (Å²) in [7, 11) is 1.39. The van der Waals surface area contributed by atoms with Crippen molar-refractivity contribution in [2.24, 2.45) is 0 Å². The summed E-state index contributed by atoms with van der Waals surface area (Å²) in [5.74, 6) is 1.22. The number of carbonyl (C=O) groups is 1. The Labute approximate surface area is 146 Å². The van der Waals surface area contributed by atoms with E-state index in [1.807, 2.05) is 0 Å². The molecule has 0 N–H and O–H groups in total. The van der Waals surface area contributed by atoms with Crippen molar-refractivity contribution in [3.63, 3.8) is 0 Å². The van der Waals surface area contributed by atoms with Crippen molar-refractivity contribution >= 4 is 17.7 Å². The van der Waals surface area contributed by atoms with Crippen molar-refractivity contribution in [2.75, 3.05) is 18.6 Å². The number of thioether (sulfide) groups is 1. The van der Waals surface area contributed by atoms with Gasteiger partial charge in [-0.25, -0.2) is 4.79 Å². The molecule has 0 aromatic rings. The van der Waals surface area contributed by atoms with Crippen LogP contribution in [0.5, 0.6) is 0 Å². The van der Waals surface area contributed by atoms with Crippen LogP contribution >= 0.6 is 11.8 Å². The Morgan fingerprint density at radius 3 is 2.13 bits per heavy atom. The highest BCUT2D eigenvalue weighted by Gasteiger charge is 2.05. The Kier molecular flexibility index (Phi) is 12.5. The lowest BCUT2D eigenvalue weighted by Gasteiger charge is -2.03. The molecule has 0 aliphatic rings. The van der Waals surface area contributed by atoms with Crippen molar-refractivity contribution in [1.29, 1.82) is 0 Å². The molecule has 0 unspecified atom stereocenters. The molecule has 0 aliphatic carbocycles. The third kappa shape index (κ3) is 13.0. The molecule has 0 aromatic carbocycles. The van der Waals surface area contributed by atoms with Crippen LogP contribution in [0.15, 0.2) is 47.1 Å². The summed E-state index contributed by atoms with van der Waals surface area (Å²) in [5, 5.41) is 0. The Bertz CT molecular complexity index is 466. The maximum absolute atomic E-state index is 11.2. The molecule has 130 valence electrons. The second-order valence-electron chi connectivity index (χ2n) is 6.07. The summed E-state index contributed by atoms with van der Waals surface area (Å²) >= 11 is 1.69. The van der Waals surface area contributed by atoms with E-state index in [0.29, 0.717) is 11.3 Å². The summed E-state index contributed by atoms with van der Waals surface area (Å²) in [6.45, 7) is 12.4. The second kappa shape index (κ2) is 13.2. The molecule has 23 heavy (non-hydrogen) atoms. The molecule has 0 saturated heterocycles. The van der Waals surface area contributed by atoms with Crippen LogP contribution in [0.3, 0.4) is 0 Å². The van der Waals surface area contributed by atoms with Crippen LogP contribution in [0.4, 0.5) is 0 Å². The SMILES string of the molecule is C=C(CSCC=C(C)CCC=C(C)CCC=C(C)C)C(=O)OC. The topological polar surface area (TPSA) is 26.3 Å². The van der Waals surface area contributed by atoms with Gasteiger partial charge in [0.05, 0.1) is 7.11 Å². The Morgan fingerprint density at radius 1 is 1.00 bits per heavy atom. The molecule has 0 bridgehead atoms. The van der Waals surface area contributed by atoms with E-state index in [9.17, 15) is 4.79 Å². The summed E-state index contributed by atoms with van der Waals surface area (Å²) < 4.78 is 4.63. The van der Waals surface area contributed by atoms with Crippen molar-refractivity contribution in [3.05, 3.63) is 47.1 Å². The number of carbonyl (C=O) groups excluding carboxylic acids is 1.